The minimum Gasteiger partial charge on any atom is -0.321 e. The van der Waals surface area contributed by atoms with Crippen LogP contribution in [0.4, 0.5) is 5.69 Å². The van der Waals surface area contributed by atoms with Gasteiger partial charge in [0.2, 0.25) is 0 Å². The van der Waals surface area contributed by atoms with Gasteiger partial charge < -0.3 is 5.32 Å². The molecule has 3 aromatic rings. The van der Waals surface area contributed by atoms with Crippen molar-refractivity contribution in [2.24, 2.45) is 0 Å². The number of likely N-dealkylation sites (tertiary alicyclic amines) is 1. The zero-order chi connectivity index (χ0) is 17.2. The van der Waals surface area contributed by atoms with Crippen molar-refractivity contribution >= 4 is 45.1 Å². The maximum absolute atomic E-state index is 12.6. The minimum atomic E-state index is -0.194. The van der Waals surface area contributed by atoms with Gasteiger partial charge >= 0.3 is 0 Å². The molecule has 1 aliphatic heterocycles. The van der Waals surface area contributed by atoms with E-state index in [2.05, 4.69) is 55.1 Å². The summed E-state index contributed by atoms with van der Waals surface area (Å²) in [6.45, 7) is 3.35. The maximum Gasteiger partial charge on any atom is 0.276 e. The van der Waals surface area contributed by atoms with E-state index in [4.69, 9.17) is 0 Å². The Kier molecular flexibility index (Phi) is 4.72. The van der Waals surface area contributed by atoms with Gasteiger partial charge in [-0.25, -0.2) is 0 Å². The highest BCUT2D eigenvalue weighted by atomic mass is 127. The van der Waals surface area contributed by atoms with Gasteiger partial charge in [0.1, 0.15) is 0 Å². The van der Waals surface area contributed by atoms with Crippen LogP contribution >= 0.6 is 22.6 Å². The second kappa shape index (κ2) is 7.13. The van der Waals surface area contributed by atoms with Crippen LogP contribution in [0.1, 0.15) is 28.9 Å². The molecule has 0 bridgehead atoms. The first kappa shape index (κ1) is 16.5. The molecule has 0 radical (unpaired) electrons. The molecule has 128 valence electrons. The van der Waals surface area contributed by atoms with Crippen molar-refractivity contribution in [2.45, 2.75) is 19.4 Å². The van der Waals surface area contributed by atoms with E-state index in [-0.39, 0.29) is 5.91 Å². The predicted molar refractivity (Wildman–Crippen MR) is 108 cm³/mol. The fourth-order valence-corrected chi connectivity index (χ4v) is 3.73. The zero-order valence-corrected chi connectivity index (χ0v) is 15.9. The fraction of sp³-hybridized carbons (Fsp3) is 0.263. The lowest BCUT2D eigenvalue weighted by Crippen LogP contribution is -2.18. The van der Waals surface area contributed by atoms with Gasteiger partial charge in [0.15, 0.2) is 5.69 Å². The number of benzene rings is 2. The Morgan fingerprint density at radius 3 is 2.68 bits per heavy atom. The van der Waals surface area contributed by atoms with Crippen molar-refractivity contribution in [1.29, 1.82) is 0 Å². The summed E-state index contributed by atoms with van der Waals surface area (Å²) in [5.41, 5.74) is 3.36. The topological polar surface area (TPSA) is 61.0 Å². The van der Waals surface area contributed by atoms with E-state index in [9.17, 15) is 4.79 Å². The molecular formula is C19H19IN4O. The average molecular weight is 446 g/mol. The van der Waals surface area contributed by atoms with Crippen LogP contribution in [-0.4, -0.2) is 34.1 Å². The predicted octanol–water partition coefficient (Wildman–Crippen LogP) is 4.02. The molecule has 2 aromatic carbocycles. The Morgan fingerprint density at radius 2 is 1.92 bits per heavy atom. The smallest absolute Gasteiger partial charge is 0.276 e. The third-order valence-electron chi connectivity index (χ3n) is 4.56. The highest BCUT2D eigenvalue weighted by molar-refractivity contribution is 14.1. The number of hydrogen-bond donors (Lipinski definition) is 2. The summed E-state index contributed by atoms with van der Waals surface area (Å²) in [5.74, 6) is -0.194. The first-order chi connectivity index (χ1) is 12.2. The van der Waals surface area contributed by atoms with Gasteiger partial charge in [-0.2, -0.15) is 5.10 Å². The van der Waals surface area contributed by atoms with Crippen molar-refractivity contribution in [3.8, 4) is 0 Å². The second-order valence-corrected chi connectivity index (χ2v) is 7.64. The zero-order valence-electron chi connectivity index (χ0n) is 13.8. The number of halogens is 1. The Hall–Kier alpha value is -1.93. The molecule has 0 saturated carbocycles. The first-order valence-electron chi connectivity index (χ1n) is 8.45. The van der Waals surface area contributed by atoms with Crippen molar-refractivity contribution in [1.82, 2.24) is 15.1 Å². The molecule has 1 fully saturated rings. The monoisotopic (exact) mass is 446 g/mol. The number of aromatic amines is 1. The number of carbonyl (C=O) groups is 1. The maximum atomic E-state index is 12.6. The molecule has 2 heterocycles. The standard InChI is InChI=1S/C19H19IN4O/c20-14-5-8-17-16(11-14)18(23-22-17)19(25)21-15-6-3-13(4-7-15)12-24-9-1-2-10-24/h3-8,11H,1-2,9-10,12H2,(H,21,25)(H,22,23). The third kappa shape index (κ3) is 3.69. The van der Waals surface area contributed by atoms with Crippen LogP contribution in [0.3, 0.4) is 0 Å². The van der Waals surface area contributed by atoms with Gasteiger partial charge in [-0.15, -0.1) is 0 Å². The summed E-state index contributed by atoms with van der Waals surface area (Å²) in [7, 11) is 0. The Balaban J connectivity index is 1.47. The van der Waals surface area contributed by atoms with Gasteiger partial charge in [-0.1, -0.05) is 12.1 Å². The van der Waals surface area contributed by atoms with Crippen LogP contribution in [0.2, 0.25) is 0 Å². The van der Waals surface area contributed by atoms with E-state index in [1.54, 1.807) is 0 Å². The SMILES string of the molecule is O=C(Nc1ccc(CN2CCCC2)cc1)c1n[nH]c2ccc(I)cc12. The lowest BCUT2D eigenvalue weighted by atomic mass is 10.1. The molecule has 6 heteroatoms. The van der Waals surface area contributed by atoms with Gasteiger partial charge in [-0.05, 0) is 84.4 Å². The summed E-state index contributed by atoms with van der Waals surface area (Å²) < 4.78 is 1.08. The summed E-state index contributed by atoms with van der Waals surface area (Å²) in [4.78, 5) is 15.0. The minimum absolute atomic E-state index is 0.194. The van der Waals surface area contributed by atoms with Crippen LogP contribution in [-0.2, 0) is 6.54 Å². The summed E-state index contributed by atoms with van der Waals surface area (Å²) in [6, 6.07) is 14.0. The summed E-state index contributed by atoms with van der Waals surface area (Å²) in [6.07, 6.45) is 2.59. The quantitative estimate of drug-likeness (QED) is 0.596. The summed E-state index contributed by atoms with van der Waals surface area (Å²) in [5, 5.41) is 10.9. The largest absolute Gasteiger partial charge is 0.321 e. The highest BCUT2D eigenvalue weighted by Gasteiger charge is 2.15. The van der Waals surface area contributed by atoms with Crippen molar-refractivity contribution in [2.75, 3.05) is 18.4 Å². The second-order valence-electron chi connectivity index (χ2n) is 6.40. The first-order valence-corrected chi connectivity index (χ1v) is 9.53. The highest BCUT2D eigenvalue weighted by Crippen LogP contribution is 2.21. The van der Waals surface area contributed by atoms with Crippen molar-refractivity contribution in [3.05, 3.63) is 57.3 Å². The van der Waals surface area contributed by atoms with Crippen LogP contribution < -0.4 is 5.32 Å². The van der Waals surface area contributed by atoms with E-state index in [1.165, 1.54) is 31.5 Å². The number of anilines is 1. The molecular weight excluding hydrogens is 427 g/mol. The van der Waals surface area contributed by atoms with E-state index in [1.807, 2.05) is 30.3 Å². The van der Waals surface area contributed by atoms with Crippen molar-refractivity contribution < 1.29 is 4.79 Å². The third-order valence-corrected chi connectivity index (χ3v) is 5.23. The van der Waals surface area contributed by atoms with E-state index >= 15 is 0 Å². The lowest BCUT2D eigenvalue weighted by Gasteiger charge is -2.14. The number of rotatable bonds is 4. The number of H-pyrrole nitrogens is 1. The molecule has 0 unspecified atom stereocenters. The molecule has 4 rings (SSSR count). The number of aromatic nitrogens is 2. The van der Waals surface area contributed by atoms with Crippen LogP contribution in [0.25, 0.3) is 10.9 Å². The average Bonchev–Trinajstić information content (AvgIpc) is 3.25. The van der Waals surface area contributed by atoms with E-state index in [0.29, 0.717) is 5.69 Å². The summed E-state index contributed by atoms with van der Waals surface area (Å²) >= 11 is 2.24. The van der Waals surface area contributed by atoms with E-state index in [0.717, 1.165) is 26.7 Å². The van der Waals surface area contributed by atoms with Gasteiger partial charge in [0.05, 0.1) is 5.52 Å². The molecule has 25 heavy (non-hydrogen) atoms. The van der Waals surface area contributed by atoms with Crippen LogP contribution in [0.5, 0.6) is 0 Å². The number of nitrogens with zero attached hydrogens (tertiary/aromatic N) is 2. The van der Waals surface area contributed by atoms with Crippen LogP contribution in [0, 0.1) is 3.57 Å². The Labute approximate surface area is 159 Å². The van der Waals surface area contributed by atoms with Gasteiger partial charge in [0, 0.05) is 21.2 Å². The molecule has 1 saturated heterocycles. The molecule has 1 amide bonds. The van der Waals surface area contributed by atoms with Gasteiger partial charge in [0.25, 0.3) is 5.91 Å². The number of hydrogen-bond acceptors (Lipinski definition) is 3. The molecule has 0 spiro atoms. The van der Waals surface area contributed by atoms with E-state index < -0.39 is 0 Å². The number of carbonyl (C=O) groups excluding carboxylic acids is 1. The Morgan fingerprint density at radius 1 is 1.16 bits per heavy atom. The van der Waals surface area contributed by atoms with Crippen LogP contribution in [0.15, 0.2) is 42.5 Å². The normalized spacial score (nSPS) is 14.9. The number of fused-ring (bicyclic) bond motifs is 1. The molecule has 1 aliphatic rings. The number of amides is 1. The molecule has 0 atom stereocenters. The lowest BCUT2D eigenvalue weighted by molar-refractivity contribution is 0.102. The molecule has 0 aliphatic carbocycles. The van der Waals surface area contributed by atoms with Crippen molar-refractivity contribution in [3.63, 3.8) is 0 Å². The molecule has 5 nitrogen and oxygen atoms in total. The number of nitrogens with one attached hydrogen (secondary N) is 2. The molecule has 2 N–H and O–H groups in total. The molecule has 1 aromatic heterocycles. The fourth-order valence-electron chi connectivity index (χ4n) is 3.24. The van der Waals surface area contributed by atoms with Gasteiger partial charge in [-0.3, -0.25) is 14.8 Å². The Bertz CT molecular complexity index is 897.